The lowest BCUT2D eigenvalue weighted by molar-refractivity contribution is -0.113. The average molecular weight is 464 g/mol. The number of nitrogens with zero attached hydrogens (tertiary/aromatic N) is 4. The fourth-order valence-electron chi connectivity index (χ4n) is 3.90. The molecule has 0 radical (unpaired) electrons. The number of rotatable bonds is 6. The van der Waals surface area contributed by atoms with Crippen LogP contribution in [0.4, 0.5) is 5.13 Å². The van der Waals surface area contributed by atoms with Crippen LogP contribution in [0.3, 0.4) is 0 Å². The van der Waals surface area contributed by atoms with E-state index in [4.69, 9.17) is 0 Å². The first kappa shape index (κ1) is 20.8. The van der Waals surface area contributed by atoms with Gasteiger partial charge in [-0.2, -0.15) is 4.98 Å². The zero-order valence-corrected chi connectivity index (χ0v) is 18.9. The van der Waals surface area contributed by atoms with Crippen molar-refractivity contribution in [2.24, 2.45) is 0 Å². The number of amides is 1. The Morgan fingerprint density at radius 1 is 1.09 bits per heavy atom. The molecule has 1 amide bonds. The molecule has 7 nitrogen and oxygen atoms in total. The highest BCUT2D eigenvalue weighted by Gasteiger charge is 2.21. The second-order valence-corrected chi connectivity index (χ2v) is 9.56. The highest BCUT2D eigenvalue weighted by atomic mass is 32.2. The van der Waals surface area contributed by atoms with E-state index >= 15 is 0 Å². The zero-order chi connectivity index (χ0) is 21.9. The summed E-state index contributed by atoms with van der Waals surface area (Å²) in [7, 11) is 0. The van der Waals surface area contributed by atoms with Gasteiger partial charge in [-0.25, -0.2) is 9.78 Å². The number of hydrogen-bond acceptors (Lipinski definition) is 7. The molecule has 32 heavy (non-hydrogen) atoms. The summed E-state index contributed by atoms with van der Waals surface area (Å²) in [6, 6.07) is 13.5. The molecule has 0 aliphatic heterocycles. The molecule has 0 unspecified atom stereocenters. The normalized spacial score (nSPS) is 13.1. The van der Waals surface area contributed by atoms with Crippen molar-refractivity contribution in [2.45, 2.75) is 37.3 Å². The van der Waals surface area contributed by atoms with Gasteiger partial charge < -0.3 is 5.32 Å². The first-order chi connectivity index (χ1) is 15.7. The second-order valence-electron chi connectivity index (χ2n) is 7.56. The predicted octanol–water partition coefficient (Wildman–Crippen LogP) is 3.91. The lowest BCUT2D eigenvalue weighted by Gasteiger charge is -2.22. The molecule has 5 rings (SSSR count). The number of aromatic nitrogens is 4. The molecule has 1 N–H and O–H groups in total. The highest BCUT2D eigenvalue weighted by Crippen LogP contribution is 2.29. The average Bonchev–Trinajstić information content (AvgIpc) is 3.22. The molecule has 3 heterocycles. The third-order valence-electron chi connectivity index (χ3n) is 5.38. The topological polar surface area (TPSA) is 89.8 Å². The summed E-state index contributed by atoms with van der Waals surface area (Å²) < 4.78 is 2.77. The molecule has 0 atom stereocenters. The minimum absolute atomic E-state index is 0.155. The maximum Gasteiger partial charge on any atom is 0.349 e. The van der Waals surface area contributed by atoms with Gasteiger partial charge in [0.15, 0.2) is 5.13 Å². The summed E-state index contributed by atoms with van der Waals surface area (Å²) in [6.07, 6.45) is 5.54. The molecule has 4 aromatic rings. The van der Waals surface area contributed by atoms with Gasteiger partial charge in [-0.15, -0.1) is 0 Å². The summed E-state index contributed by atoms with van der Waals surface area (Å²) in [5.41, 5.74) is 3.53. The van der Waals surface area contributed by atoms with Gasteiger partial charge in [-0.1, -0.05) is 41.3 Å². The molecule has 0 spiro atoms. The largest absolute Gasteiger partial charge is 0.349 e. The Kier molecular flexibility index (Phi) is 6.00. The van der Waals surface area contributed by atoms with Crippen molar-refractivity contribution >= 4 is 44.4 Å². The SMILES string of the molecule is O=C(CSc1nc(=O)n(Cc2ccccn2)c2c1CCCC2)Nc1nc2ccccc2s1. The van der Waals surface area contributed by atoms with Gasteiger partial charge >= 0.3 is 5.69 Å². The molecular formula is C23H21N5O2S2. The number of hydrogen-bond donors (Lipinski definition) is 1. The first-order valence-corrected chi connectivity index (χ1v) is 12.3. The van der Waals surface area contributed by atoms with Crippen LogP contribution in [0.25, 0.3) is 10.2 Å². The van der Waals surface area contributed by atoms with Gasteiger partial charge in [-0.05, 0) is 49.9 Å². The van der Waals surface area contributed by atoms with Crippen molar-refractivity contribution < 1.29 is 4.79 Å². The van der Waals surface area contributed by atoms with E-state index in [0.717, 1.165) is 52.9 Å². The van der Waals surface area contributed by atoms with E-state index in [0.29, 0.717) is 16.7 Å². The van der Waals surface area contributed by atoms with Crippen LogP contribution in [-0.2, 0) is 24.2 Å². The van der Waals surface area contributed by atoms with E-state index in [1.165, 1.54) is 23.1 Å². The van der Waals surface area contributed by atoms with Gasteiger partial charge in [0.05, 0.1) is 28.2 Å². The fourth-order valence-corrected chi connectivity index (χ4v) is 5.66. The van der Waals surface area contributed by atoms with E-state index in [-0.39, 0.29) is 17.3 Å². The summed E-state index contributed by atoms with van der Waals surface area (Å²) in [5, 5.41) is 4.12. The van der Waals surface area contributed by atoms with E-state index in [1.54, 1.807) is 10.8 Å². The molecule has 0 saturated heterocycles. The standard InChI is InChI=1S/C23H21N5O2S2/c29-20(26-22-25-17-9-2-4-11-19(17)32-22)14-31-21-16-8-1-3-10-18(16)28(23(30)27-21)13-15-7-5-6-12-24-15/h2,4-7,9,11-12H,1,3,8,10,13-14H2,(H,25,26,29). The number of para-hydroxylation sites is 1. The van der Waals surface area contributed by atoms with Crippen LogP contribution >= 0.6 is 23.1 Å². The van der Waals surface area contributed by atoms with Crippen molar-refractivity contribution in [2.75, 3.05) is 11.1 Å². The van der Waals surface area contributed by atoms with Crippen LogP contribution in [0.15, 0.2) is 58.5 Å². The van der Waals surface area contributed by atoms with Crippen LogP contribution in [0.1, 0.15) is 29.8 Å². The Morgan fingerprint density at radius 3 is 2.78 bits per heavy atom. The number of carbonyl (C=O) groups is 1. The third-order valence-corrected chi connectivity index (χ3v) is 7.35. The van der Waals surface area contributed by atoms with E-state index in [9.17, 15) is 9.59 Å². The smallest absolute Gasteiger partial charge is 0.301 e. The summed E-state index contributed by atoms with van der Waals surface area (Å²) in [4.78, 5) is 38.5. The Hall–Kier alpha value is -3.04. The molecule has 3 aromatic heterocycles. The third kappa shape index (κ3) is 4.44. The maximum atomic E-state index is 12.9. The number of carbonyl (C=O) groups excluding carboxylic acids is 1. The molecule has 0 bridgehead atoms. The lowest BCUT2D eigenvalue weighted by Crippen LogP contribution is -2.31. The summed E-state index contributed by atoms with van der Waals surface area (Å²) >= 11 is 2.77. The molecular weight excluding hydrogens is 442 g/mol. The number of benzene rings is 1. The van der Waals surface area contributed by atoms with E-state index in [2.05, 4.69) is 20.3 Å². The lowest BCUT2D eigenvalue weighted by atomic mass is 9.97. The highest BCUT2D eigenvalue weighted by molar-refractivity contribution is 8.00. The first-order valence-electron chi connectivity index (χ1n) is 10.5. The minimum Gasteiger partial charge on any atom is -0.301 e. The number of anilines is 1. The molecule has 1 aliphatic carbocycles. The number of thioether (sulfide) groups is 1. The molecule has 0 saturated carbocycles. The van der Waals surface area contributed by atoms with Crippen LogP contribution in [0, 0.1) is 0 Å². The second kappa shape index (κ2) is 9.22. The number of pyridine rings is 1. The quantitative estimate of drug-likeness (QED) is 0.345. The maximum absolute atomic E-state index is 12.9. The van der Waals surface area contributed by atoms with Gasteiger partial charge in [-0.3, -0.25) is 14.3 Å². The van der Waals surface area contributed by atoms with E-state index < -0.39 is 0 Å². The Labute approximate surface area is 193 Å². The molecule has 1 aromatic carbocycles. The Morgan fingerprint density at radius 2 is 1.94 bits per heavy atom. The Balaban J connectivity index is 1.33. The molecule has 9 heteroatoms. The van der Waals surface area contributed by atoms with Crippen LogP contribution in [-0.4, -0.2) is 31.2 Å². The van der Waals surface area contributed by atoms with Crippen LogP contribution in [0.5, 0.6) is 0 Å². The minimum atomic E-state index is -0.287. The number of fused-ring (bicyclic) bond motifs is 2. The van der Waals surface area contributed by atoms with Gasteiger partial charge in [0, 0.05) is 17.5 Å². The van der Waals surface area contributed by atoms with Crippen LogP contribution in [0.2, 0.25) is 0 Å². The number of thiazole rings is 1. The summed E-state index contributed by atoms with van der Waals surface area (Å²) in [5.74, 6) is 0.0251. The molecule has 1 aliphatic rings. The predicted molar refractivity (Wildman–Crippen MR) is 127 cm³/mol. The van der Waals surface area contributed by atoms with E-state index in [1.807, 2.05) is 42.5 Å². The van der Waals surface area contributed by atoms with Gasteiger partial charge in [0.2, 0.25) is 5.91 Å². The molecule has 0 fully saturated rings. The number of nitrogens with one attached hydrogen (secondary N) is 1. The zero-order valence-electron chi connectivity index (χ0n) is 17.3. The van der Waals surface area contributed by atoms with Crippen molar-refractivity contribution in [1.82, 2.24) is 19.5 Å². The Bertz CT molecular complexity index is 1300. The van der Waals surface area contributed by atoms with Crippen molar-refractivity contribution in [3.8, 4) is 0 Å². The van der Waals surface area contributed by atoms with Crippen molar-refractivity contribution in [1.29, 1.82) is 0 Å². The fraction of sp³-hybridized carbons (Fsp3) is 0.261. The van der Waals surface area contributed by atoms with Gasteiger partial charge in [0.25, 0.3) is 0 Å². The monoisotopic (exact) mass is 463 g/mol. The van der Waals surface area contributed by atoms with Gasteiger partial charge in [0.1, 0.15) is 5.03 Å². The van der Waals surface area contributed by atoms with Crippen molar-refractivity contribution in [3.05, 3.63) is 76.1 Å². The van der Waals surface area contributed by atoms with Crippen LogP contribution < -0.4 is 11.0 Å². The van der Waals surface area contributed by atoms with Crippen molar-refractivity contribution in [3.63, 3.8) is 0 Å². The summed E-state index contributed by atoms with van der Waals surface area (Å²) in [6.45, 7) is 0.415. The molecule has 162 valence electrons.